The molecule has 0 saturated carbocycles. The Bertz CT molecular complexity index is 1740. The lowest BCUT2D eigenvalue weighted by atomic mass is 9.96. The highest BCUT2D eigenvalue weighted by Crippen LogP contribution is 2.39. The van der Waals surface area contributed by atoms with Gasteiger partial charge in [-0.05, 0) is 35.2 Å². The van der Waals surface area contributed by atoms with Gasteiger partial charge in [-0.3, -0.25) is 9.38 Å². The minimum absolute atomic E-state index is 0.664. The summed E-state index contributed by atoms with van der Waals surface area (Å²) >= 11 is 0. The maximum atomic E-state index is 6.23. The molecule has 0 amide bonds. The second-order valence-electron chi connectivity index (χ2n) is 7.83. The maximum absolute atomic E-state index is 6.23. The zero-order chi connectivity index (χ0) is 21.1. The van der Waals surface area contributed by atoms with Gasteiger partial charge in [0.05, 0.1) is 5.69 Å². The molecule has 150 valence electrons. The standard InChI is InChI=1S/C27H16N4O/c1-2-8-20-18(6-1)21(14-22-19-7-3-4-9-25(19)32-26(20)22)17-10-11-23(29-15-17)24-16-31-13-5-12-28-27(31)30-24/h1-16H. The highest BCUT2D eigenvalue weighted by Gasteiger charge is 2.15. The van der Waals surface area contributed by atoms with Crippen molar-refractivity contribution in [1.82, 2.24) is 19.4 Å². The summed E-state index contributed by atoms with van der Waals surface area (Å²) in [6, 6.07) is 24.8. The highest BCUT2D eigenvalue weighted by molar-refractivity contribution is 6.19. The van der Waals surface area contributed by atoms with Gasteiger partial charge in [0.25, 0.3) is 0 Å². The Kier molecular flexibility index (Phi) is 3.49. The van der Waals surface area contributed by atoms with E-state index < -0.39 is 0 Å². The maximum Gasteiger partial charge on any atom is 0.234 e. The van der Waals surface area contributed by atoms with E-state index in [-0.39, 0.29) is 0 Å². The van der Waals surface area contributed by atoms with Crippen molar-refractivity contribution in [1.29, 1.82) is 0 Å². The third-order valence-corrected chi connectivity index (χ3v) is 5.96. The summed E-state index contributed by atoms with van der Waals surface area (Å²) in [4.78, 5) is 13.6. The molecule has 0 atom stereocenters. The smallest absolute Gasteiger partial charge is 0.234 e. The molecule has 4 heterocycles. The van der Waals surface area contributed by atoms with Gasteiger partial charge in [-0.15, -0.1) is 0 Å². The first-order valence-electron chi connectivity index (χ1n) is 10.4. The zero-order valence-corrected chi connectivity index (χ0v) is 16.9. The van der Waals surface area contributed by atoms with Crippen molar-refractivity contribution in [3.05, 3.63) is 97.6 Å². The van der Waals surface area contributed by atoms with E-state index in [4.69, 9.17) is 9.40 Å². The monoisotopic (exact) mass is 412 g/mol. The number of fused-ring (bicyclic) bond motifs is 6. The van der Waals surface area contributed by atoms with E-state index in [1.807, 2.05) is 53.3 Å². The van der Waals surface area contributed by atoms with Crippen LogP contribution in [0.2, 0.25) is 0 Å². The van der Waals surface area contributed by atoms with E-state index in [1.165, 1.54) is 0 Å². The predicted molar refractivity (Wildman–Crippen MR) is 126 cm³/mol. The second kappa shape index (κ2) is 6.49. The normalized spacial score (nSPS) is 11.8. The van der Waals surface area contributed by atoms with Crippen LogP contribution in [0, 0.1) is 0 Å². The number of hydrogen-bond donors (Lipinski definition) is 0. The Morgan fingerprint density at radius 1 is 0.719 bits per heavy atom. The molecule has 0 unspecified atom stereocenters. The van der Waals surface area contributed by atoms with Gasteiger partial charge >= 0.3 is 0 Å². The lowest BCUT2D eigenvalue weighted by molar-refractivity contribution is 0.672. The highest BCUT2D eigenvalue weighted by atomic mass is 16.3. The summed E-state index contributed by atoms with van der Waals surface area (Å²) in [5.41, 5.74) is 5.63. The molecule has 4 aromatic heterocycles. The number of rotatable bonds is 2. The Hall–Kier alpha value is -4.51. The van der Waals surface area contributed by atoms with Crippen LogP contribution in [0.4, 0.5) is 0 Å². The van der Waals surface area contributed by atoms with Crippen LogP contribution in [0.25, 0.3) is 61.0 Å². The summed E-state index contributed by atoms with van der Waals surface area (Å²) < 4.78 is 8.13. The van der Waals surface area contributed by atoms with Crippen LogP contribution >= 0.6 is 0 Å². The van der Waals surface area contributed by atoms with Crippen molar-refractivity contribution < 1.29 is 4.42 Å². The topological polar surface area (TPSA) is 56.2 Å². The first kappa shape index (κ1) is 17.2. The Morgan fingerprint density at radius 2 is 1.56 bits per heavy atom. The van der Waals surface area contributed by atoms with Gasteiger partial charge in [0, 0.05) is 46.5 Å². The number of imidazole rings is 1. The van der Waals surface area contributed by atoms with Gasteiger partial charge < -0.3 is 4.42 Å². The first-order valence-corrected chi connectivity index (χ1v) is 10.4. The van der Waals surface area contributed by atoms with E-state index in [0.717, 1.165) is 55.2 Å². The molecule has 0 radical (unpaired) electrons. The van der Waals surface area contributed by atoms with Gasteiger partial charge in [0.1, 0.15) is 16.9 Å². The van der Waals surface area contributed by atoms with Gasteiger partial charge in [-0.1, -0.05) is 48.5 Å². The predicted octanol–water partition coefficient (Wildman–Crippen LogP) is 6.51. The van der Waals surface area contributed by atoms with Crippen LogP contribution in [-0.2, 0) is 0 Å². The average molecular weight is 412 g/mol. The zero-order valence-electron chi connectivity index (χ0n) is 16.9. The molecule has 0 saturated heterocycles. The van der Waals surface area contributed by atoms with Crippen molar-refractivity contribution in [2.24, 2.45) is 0 Å². The quantitative estimate of drug-likeness (QED) is 0.325. The molecule has 0 aliphatic rings. The van der Waals surface area contributed by atoms with Crippen LogP contribution in [0.5, 0.6) is 0 Å². The number of hydrogen-bond acceptors (Lipinski definition) is 4. The summed E-state index contributed by atoms with van der Waals surface area (Å²) in [7, 11) is 0. The number of nitrogens with zero attached hydrogens (tertiary/aromatic N) is 4. The van der Waals surface area contributed by atoms with Gasteiger partial charge in [0.2, 0.25) is 5.78 Å². The van der Waals surface area contributed by atoms with Crippen LogP contribution in [0.15, 0.2) is 102 Å². The molecule has 0 N–H and O–H groups in total. The molecular weight excluding hydrogens is 396 g/mol. The van der Waals surface area contributed by atoms with Crippen LogP contribution < -0.4 is 0 Å². The molecular formula is C27H16N4O. The fourth-order valence-corrected chi connectivity index (χ4v) is 4.44. The van der Waals surface area contributed by atoms with Crippen LogP contribution in [0.3, 0.4) is 0 Å². The van der Waals surface area contributed by atoms with Gasteiger partial charge in [0.15, 0.2) is 0 Å². The minimum atomic E-state index is 0.664. The van der Waals surface area contributed by atoms with Crippen molar-refractivity contribution in [2.75, 3.05) is 0 Å². The lowest BCUT2D eigenvalue weighted by Gasteiger charge is -2.08. The average Bonchev–Trinajstić information content (AvgIpc) is 3.45. The molecule has 7 aromatic rings. The molecule has 0 spiro atoms. The molecule has 3 aromatic carbocycles. The number of furan rings is 1. The molecule has 32 heavy (non-hydrogen) atoms. The SMILES string of the molecule is c1ccc2c(c1)oc1c3ccccc3c(-c3ccc(-c4cn5cccnc5n4)nc3)cc21. The number of pyridine rings is 1. The Labute approximate surface area is 182 Å². The summed E-state index contributed by atoms with van der Waals surface area (Å²) in [6.07, 6.45) is 7.54. The largest absolute Gasteiger partial charge is 0.455 e. The third kappa shape index (κ3) is 2.48. The van der Waals surface area contributed by atoms with Gasteiger partial charge in [-0.25, -0.2) is 9.97 Å². The van der Waals surface area contributed by atoms with Crippen molar-refractivity contribution in [2.45, 2.75) is 0 Å². The summed E-state index contributed by atoms with van der Waals surface area (Å²) in [5.74, 6) is 0.664. The van der Waals surface area contributed by atoms with Crippen LogP contribution in [0.1, 0.15) is 0 Å². The fraction of sp³-hybridized carbons (Fsp3) is 0. The minimum Gasteiger partial charge on any atom is -0.455 e. The van der Waals surface area contributed by atoms with Crippen molar-refractivity contribution in [3.8, 4) is 22.5 Å². The third-order valence-electron chi connectivity index (χ3n) is 5.96. The molecule has 5 heteroatoms. The molecule has 7 rings (SSSR count). The Balaban J connectivity index is 1.43. The second-order valence-corrected chi connectivity index (χ2v) is 7.83. The molecule has 0 bridgehead atoms. The molecule has 0 fully saturated rings. The van der Waals surface area contributed by atoms with E-state index in [9.17, 15) is 0 Å². The fourth-order valence-electron chi connectivity index (χ4n) is 4.44. The summed E-state index contributed by atoms with van der Waals surface area (Å²) in [6.45, 7) is 0. The lowest BCUT2D eigenvalue weighted by Crippen LogP contribution is -1.87. The van der Waals surface area contributed by atoms with E-state index in [2.05, 4.69) is 52.4 Å². The number of benzene rings is 3. The Morgan fingerprint density at radius 3 is 2.41 bits per heavy atom. The van der Waals surface area contributed by atoms with E-state index in [0.29, 0.717) is 5.78 Å². The van der Waals surface area contributed by atoms with Crippen molar-refractivity contribution in [3.63, 3.8) is 0 Å². The number of para-hydroxylation sites is 1. The van der Waals surface area contributed by atoms with Crippen LogP contribution in [-0.4, -0.2) is 19.4 Å². The number of aromatic nitrogens is 4. The van der Waals surface area contributed by atoms with Gasteiger partial charge in [-0.2, -0.15) is 0 Å². The van der Waals surface area contributed by atoms with Crippen molar-refractivity contribution >= 4 is 38.5 Å². The molecule has 0 aliphatic heterocycles. The molecule has 0 aliphatic carbocycles. The summed E-state index contributed by atoms with van der Waals surface area (Å²) in [5, 5.41) is 4.48. The van der Waals surface area contributed by atoms with E-state index >= 15 is 0 Å². The molecule has 5 nitrogen and oxygen atoms in total. The first-order chi connectivity index (χ1) is 15.8. The van der Waals surface area contributed by atoms with E-state index in [1.54, 1.807) is 6.20 Å².